The van der Waals surface area contributed by atoms with Crippen LogP contribution in [0.15, 0.2) is 268 Å². The van der Waals surface area contributed by atoms with Crippen LogP contribution in [0.3, 0.4) is 0 Å². The van der Waals surface area contributed by atoms with E-state index in [0.717, 1.165) is 111 Å². The second-order valence-corrected chi connectivity index (χ2v) is 23.7. The molecule has 3 heterocycles. The van der Waals surface area contributed by atoms with Crippen molar-refractivity contribution in [2.75, 3.05) is 9.80 Å². The molecule has 0 saturated carbocycles. The fourth-order valence-electron chi connectivity index (χ4n) is 14.0. The molecule has 83 heavy (non-hydrogen) atoms. The van der Waals surface area contributed by atoms with Crippen LogP contribution in [-0.2, 0) is 10.8 Å². The van der Waals surface area contributed by atoms with Gasteiger partial charge in [0.05, 0.1) is 0 Å². The van der Waals surface area contributed by atoms with E-state index in [1.165, 1.54) is 55.6 Å². The molecule has 2 aliphatic rings. The number of rotatable bonds is 8. The summed E-state index contributed by atoms with van der Waals surface area (Å²) in [5.74, 6) is 0. The van der Waals surface area contributed by atoms with Crippen molar-refractivity contribution in [2.45, 2.75) is 38.5 Å². The van der Waals surface area contributed by atoms with Gasteiger partial charge < -0.3 is 23.1 Å². The van der Waals surface area contributed by atoms with E-state index < -0.39 is 0 Å². The Hall–Kier alpha value is -10.4. The molecular formula is C78H54N2O3. The standard InChI is InChI=1S/C78H54N2O3/c1-77(2)67-27-13-11-25-57(67)59-33-29-53(39-69(59)77)79(51-23-15-21-49(37-51)47-17-7-5-8-18-47)55-31-35-61-63-43-75-65(45-73(63)81-71(61)41-55)66-46-74-64(44-76(66)83-75)62-36-32-56(42-72(62)82-74)80(52-24-16-22-50(38-52)48-19-9-6-10-20-48)54-30-34-60-58-26-12-14-28-68(58)78(3,4)70(60)40-54/h5-46H,1-4H3. The molecule has 0 bridgehead atoms. The molecule has 3 aromatic heterocycles. The van der Waals surface area contributed by atoms with Crippen molar-refractivity contribution in [3.05, 3.63) is 277 Å². The minimum Gasteiger partial charge on any atom is -0.456 e. The topological polar surface area (TPSA) is 45.9 Å². The van der Waals surface area contributed by atoms with Crippen LogP contribution in [0.1, 0.15) is 49.9 Å². The molecule has 0 saturated heterocycles. The Bertz CT molecular complexity index is 4850. The SMILES string of the molecule is CC1(C)c2ccccc2-c2ccc(N(c3cccc(-c4ccccc4)c3)c3ccc4c(c3)oc3cc5c(cc34)oc3cc4c(cc35)oc3cc(N(c5cccc(-c6ccccc6)c5)c5ccc6c(c5)C(C)(C)c5ccccc5-6)ccc34)cc21. The zero-order chi connectivity index (χ0) is 55.3. The number of anilines is 6. The van der Waals surface area contributed by atoms with Crippen molar-refractivity contribution in [2.24, 2.45) is 0 Å². The second kappa shape index (κ2) is 17.6. The lowest BCUT2D eigenvalue weighted by Crippen LogP contribution is -2.16. The maximum Gasteiger partial charge on any atom is 0.137 e. The Balaban J connectivity index is 0.765. The lowest BCUT2D eigenvalue weighted by atomic mass is 9.82. The summed E-state index contributed by atoms with van der Waals surface area (Å²) in [5, 5.41) is 6.01. The monoisotopic (exact) mass is 1070 g/mol. The first kappa shape index (κ1) is 47.4. The van der Waals surface area contributed by atoms with E-state index >= 15 is 0 Å². The van der Waals surface area contributed by atoms with Gasteiger partial charge in [0.15, 0.2) is 0 Å². The predicted octanol–water partition coefficient (Wildman–Crippen LogP) is 22.3. The molecule has 0 aliphatic heterocycles. The molecule has 394 valence electrons. The molecule has 2 aliphatic carbocycles. The molecular weight excluding hydrogens is 1010 g/mol. The molecule has 0 unspecified atom stereocenters. The quantitative estimate of drug-likeness (QED) is 0.152. The first-order valence-electron chi connectivity index (χ1n) is 28.7. The smallest absolute Gasteiger partial charge is 0.137 e. The van der Waals surface area contributed by atoms with Gasteiger partial charge in [-0.2, -0.15) is 0 Å². The fourth-order valence-corrected chi connectivity index (χ4v) is 14.0. The van der Waals surface area contributed by atoms with E-state index in [4.69, 9.17) is 13.3 Å². The van der Waals surface area contributed by atoms with Crippen LogP contribution in [0.5, 0.6) is 0 Å². The number of hydrogen-bond acceptors (Lipinski definition) is 5. The number of fused-ring (bicyclic) bond motifs is 15. The van der Waals surface area contributed by atoms with Crippen molar-refractivity contribution in [3.63, 3.8) is 0 Å². The van der Waals surface area contributed by atoms with Crippen molar-refractivity contribution in [1.29, 1.82) is 0 Å². The van der Waals surface area contributed by atoms with Gasteiger partial charge in [0, 0.05) is 89.4 Å². The van der Waals surface area contributed by atoms with E-state index in [2.05, 4.69) is 292 Å². The number of furan rings is 3. The highest BCUT2D eigenvalue weighted by Crippen LogP contribution is 2.53. The molecule has 0 spiro atoms. The summed E-state index contributed by atoms with van der Waals surface area (Å²) >= 11 is 0. The van der Waals surface area contributed by atoms with Gasteiger partial charge in [0.25, 0.3) is 0 Å². The Kier molecular flexibility index (Phi) is 10.0. The van der Waals surface area contributed by atoms with Gasteiger partial charge in [-0.25, -0.2) is 0 Å². The maximum absolute atomic E-state index is 6.92. The van der Waals surface area contributed by atoms with Gasteiger partial charge >= 0.3 is 0 Å². The Labute approximate surface area is 480 Å². The predicted molar refractivity (Wildman–Crippen MR) is 344 cm³/mol. The van der Waals surface area contributed by atoms with Crippen LogP contribution >= 0.6 is 0 Å². The zero-order valence-corrected chi connectivity index (χ0v) is 46.4. The zero-order valence-electron chi connectivity index (χ0n) is 46.4. The highest BCUT2D eigenvalue weighted by atomic mass is 16.3. The second-order valence-electron chi connectivity index (χ2n) is 23.7. The molecule has 17 rings (SSSR count). The third-order valence-corrected chi connectivity index (χ3v) is 18.2. The minimum atomic E-state index is -0.155. The first-order valence-corrected chi connectivity index (χ1v) is 28.7. The largest absolute Gasteiger partial charge is 0.456 e. The van der Waals surface area contributed by atoms with Gasteiger partial charge in [-0.1, -0.05) is 173 Å². The Morgan fingerprint density at radius 2 is 0.542 bits per heavy atom. The molecule has 0 amide bonds. The van der Waals surface area contributed by atoms with E-state index in [1.54, 1.807) is 0 Å². The molecule has 0 N–H and O–H groups in total. The average Bonchev–Trinajstić information content (AvgIpc) is 2.51. The number of benzene rings is 12. The average molecular weight is 1070 g/mol. The molecule has 15 aromatic rings. The normalized spacial score (nSPS) is 13.7. The van der Waals surface area contributed by atoms with E-state index in [1.807, 2.05) is 0 Å². The van der Waals surface area contributed by atoms with Gasteiger partial charge in [0.2, 0.25) is 0 Å². The third kappa shape index (κ3) is 7.20. The minimum absolute atomic E-state index is 0.155. The van der Waals surface area contributed by atoms with Crippen LogP contribution in [-0.4, -0.2) is 0 Å². The summed E-state index contributed by atoms with van der Waals surface area (Å²) in [6, 6.07) is 92.3. The lowest BCUT2D eigenvalue weighted by Gasteiger charge is -2.28. The molecule has 12 aromatic carbocycles. The molecule has 5 heteroatoms. The third-order valence-electron chi connectivity index (χ3n) is 18.2. The van der Waals surface area contributed by atoms with Crippen LogP contribution in [0, 0.1) is 0 Å². The Morgan fingerprint density at radius 1 is 0.229 bits per heavy atom. The van der Waals surface area contributed by atoms with Crippen LogP contribution < -0.4 is 9.80 Å². The summed E-state index contributed by atoms with van der Waals surface area (Å²) in [6.45, 7) is 9.36. The van der Waals surface area contributed by atoms with Gasteiger partial charge in [-0.15, -0.1) is 0 Å². The van der Waals surface area contributed by atoms with Crippen molar-refractivity contribution in [1.82, 2.24) is 0 Å². The maximum atomic E-state index is 6.92. The van der Waals surface area contributed by atoms with E-state index in [0.29, 0.717) is 0 Å². The molecule has 0 radical (unpaired) electrons. The summed E-state index contributed by atoms with van der Waals surface area (Å²) in [6.07, 6.45) is 0. The summed E-state index contributed by atoms with van der Waals surface area (Å²) in [4.78, 5) is 4.74. The summed E-state index contributed by atoms with van der Waals surface area (Å²) < 4.78 is 20.6. The van der Waals surface area contributed by atoms with Gasteiger partial charge in [0.1, 0.15) is 33.5 Å². The Morgan fingerprint density at radius 3 is 0.964 bits per heavy atom. The molecule has 0 atom stereocenters. The van der Waals surface area contributed by atoms with Crippen LogP contribution in [0.2, 0.25) is 0 Å². The molecule has 5 nitrogen and oxygen atoms in total. The van der Waals surface area contributed by atoms with Crippen molar-refractivity contribution < 1.29 is 13.3 Å². The fraction of sp³-hybridized carbons (Fsp3) is 0.0769. The lowest BCUT2D eigenvalue weighted by molar-refractivity contribution is 0.660. The number of nitrogens with zero attached hydrogens (tertiary/aromatic N) is 2. The summed E-state index contributed by atoms with van der Waals surface area (Å²) in [5.41, 5.74) is 26.0. The van der Waals surface area contributed by atoms with Gasteiger partial charge in [-0.3, -0.25) is 0 Å². The van der Waals surface area contributed by atoms with Crippen LogP contribution in [0.25, 0.3) is 110 Å². The first-order chi connectivity index (χ1) is 40.6. The van der Waals surface area contributed by atoms with Crippen molar-refractivity contribution in [3.8, 4) is 44.5 Å². The van der Waals surface area contributed by atoms with Crippen molar-refractivity contribution >= 4 is 99.9 Å². The van der Waals surface area contributed by atoms with E-state index in [9.17, 15) is 0 Å². The van der Waals surface area contributed by atoms with E-state index in [-0.39, 0.29) is 10.8 Å². The molecule has 0 fully saturated rings. The van der Waals surface area contributed by atoms with Gasteiger partial charge in [-0.05, 0) is 164 Å². The highest BCUT2D eigenvalue weighted by Gasteiger charge is 2.37. The number of hydrogen-bond donors (Lipinski definition) is 0. The highest BCUT2D eigenvalue weighted by molar-refractivity contribution is 6.19. The summed E-state index contributed by atoms with van der Waals surface area (Å²) in [7, 11) is 0. The van der Waals surface area contributed by atoms with Crippen LogP contribution in [0.4, 0.5) is 34.1 Å².